The minimum Gasteiger partial charge on any atom is -0.478 e. The second kappa shape index (κ2) is 6.86. The lowest BCUT2D eigenvalue weighted by Crippen LogP contribution is -1.91. The summed E-state index contributed by atoms with van der Waals surface area (Å²) in [6, 6.07) is 8.16. The maximum Gasteiger partial charge on any atom is 0.328 e. The van der Waals surface area contributed by atoms with E-state index in [4.69, 9.17) is 5.11 Å². The standard InChI is InChI=1S/C15H12FNO2S/c16-13-3-1-12(11(9-13)2-4-15(18)19)10-20-14-5-7-17-8-6-14/h1-9H,10H2,(H,18,19)/b4-2+. The largest absolute Gasteiger partial charge is 0.478 e. The summed E-state index contributed by atoms with van der Waals surface area (Å²) in [5.41, 5.74) is 1.46. The first-order chi connectivity index (χ1) is 9.65. The van der Waals surface area contributed by atoms with Crippen LogP contribution in [0.4, 0.5) is 4.39 Å². The molecule has 0 aliphatic rings. The molecule has 1 N–H and O–H groups in total. The van der Waals surface area contributed by atoms with Crippen molar-refractivity contribution in [1.82, 2.24) is 4.98 Å². The highest BCUT2D eigenvalue weighted by atomic mass is 32.2. The Morgan fingerprint density at radius 2 is 2.05 bits per heavy atom. The smallest absolute Gasteiger partial charge is 0.328 e. The summed E-state index contributed by atoms with van der Waals surface area (Å²) < 4.78 is 13.2. The Bertz CT molecular complexity index is 629. The SMILES string of the molecule is O=C(O)/C=C/c1cc(F)ccc1CSc1ccncc1. The Balaban J connectivity index is 2.16. The van der Waals surface area contributed by atoms with Crippen LogP contribution in [0.2, 0.25) is 0 Å². The van der Waals surface area contributed by atoms with Crippen molar-refractivity contribution in [3.63, 3.8) is 0 Å². The van der Waals surface area contributed by atoms with E-state index < -0.39 is 5.97 Å². The van der Waals surface area contributed by atoms with Crippen molar-refractivity contribution in [2.45, 2.75) is 10.6 Å². The number of halogens is 1. The topological polar surface area (TPSA) is 50.2 Å². The van der Waals surface area contributed by atoms with Crippen LogP contribution in [0, 0.1) is 5.82 Å². The molecule has 0 amide bonds. The maximum atomic E-state index is 13.2. The number of nitrogens with zero attached hydrogens (tertiary/aromatic N) is 1. The third kappa shape index (κ3) is 4.20. The zero-order chi connectivity index (χ0) is 14.4. The number of carbonyl (C=O) groups is 1. The number of hydrogen-bond acceptors (Lipinski definition) is 3. The van der Waals surface area contributed by atoms with Gasteiger partial charge >= 0.3 is 5.97 Å². The maximum absolute atomic E-state index is 13.2. The second-order valence-corrected chi connectivity index (χ2v) is 5.04. The van der Waals surface area contributed by atoms with Gasteiger partial charge in [0.2, 0.25) is 0 Å². The molecule has 2 aromatic rings. The quantitative estimate of drug-likeness (QED) is 0.675. The van der Waals surface area contributed by atoms with Crippen molar-refractivity contribution in [3.8, 4) is 0 Å². The Morgan fingerprint density at radius 3 is 2.75 bits per heavy atom. The summed E-state index contributed by atoms with van der Waals surface area (Å²) in [6.45, 7) is 0. The molecule has 1 aromatic heterocycles. The van der Waals surface area contributed by atoms with Gasteiger partial charge < -0.3 is 5.11 Å². The zero-order valence-corrected chi connectivity index (χ0v) is 11.3. The molecule has 0 spiro atoms. The number of pyridine rings is 1. The van der Waals surface area contributed by atoms with Crippen LogP contribution in [-0.2, 0) is 10.5 Å². The normalized spacial score (nSPS) is 10.8. The molecule has 0 saturated heterocycles. The predicted molar refractivity (Wildman–Crippen MR) is 76.9 cm³/mol. The van der Waals surface area contributed by atoms with Crippen molar-refractivity contribution < 1.29 is 14.3 Å². The first-order valence-electron chi connectivity index (χ1n) is 5.87. The summed E-state index contributed by atoms with van der Waals surface area (Å²) in [6.07, 6.45) is 5.83. The van der Waals surface area contributed by atoms with Gasteiger partial charge in [-0.25, -0.2) is 9.18 Å². The number of aliphatic carboxylic acids is 1. The van der Waals surface area contributed by atoms with Gasteiger partial charge in [-0.15, -0.1) is 11.8 Å². The monoisotopic (exact) mass is 289 g/mol. The lowest BCUT2D eigenvalue weighted by molar-refractivity contribution is -0.131. The predicted octanol–water partition coefficient (Wildman–Crippen LogP) is 3.61. The van der Waals surface area contributed by atoms with Crippen molar-refractivity contribution in [2.24, 2.45) is 0 Å². The van der Waals surface area contributed by atoms with Crippen molar-refractivity contribution >= 4 is 23.8 Å². The molecule has 0 atom stereocenters. The average molecular weight is 289 g/mol. The molecule has 1 aromatic carbocycles. The Kier molecular flexibility index (Phi) is 4.90. The highest BCUT2D eigenvalue weighted by molar-refractivity contribution is 7.98. The van der Waals surface area contributed by atoms with E-state index in [0.717, 1.165) is 16.5 Å². The summed E-state index contributed by atoms with van der Waals surface area (Å²) in [5, 5.41) is 8.65. The van der Waals surface area contributed by atoms with Gasteiger partial charge in [0.1, 0.15) is 5.82 Å². The fourth-order valence-corrected chi connectivity index (χ4v) is 2.51. The van der Waals surface area contributed by atoms with Crippen LogP contribution in [0.15, 0.2) is 53.7 Å². The van der Waals surface area contributed by atoms with Crippen LogP contribution in [-0.4, -0.2) is 16.1 Å². The fourth-order valence-electron chi connectivity index (χ4n) is 1.61. The lowest BCUT2D eigenvalue weighted by Gasteiger charge is -2.06. The van der Waals surface area contributed by atoms with Gasteiger partial charge in [-0.3, -0.25) is 4.98 Å². The summed E-state index contributed by atoms with van der Waals surface area (Å²) in [5.74, 6) is -0.807. The van der Waals surface area contributed by atoms with Crippen molar-refractivity contribution in [1.29, 1.82) is 0 Å². The van der Waals surface area contributed by atoms with Crippen LogP contribution in [0.3, 0.4) is 0 Å². The number of hydrogen-bond donors (Lipinski definition) is 1. The first kappa shape index (κ1) is 14.3. The van der Waals surface area contributed by atoms with Crippen LogP contribution in [0.5, 0.6) is 0 Å². The van der Waals surface area contributed by atoms with E-state index in [1.54, 1.807) is 30.2 Å². The lowest BCUT2D eigenvalue weighted by atomic mass is 10.1. The molecule has 20 heavy (non-hydrogen) atoms. The number of carboxylic acids is 1. The second-order valence-electron chi connectivity index (χ2n) is 3.99. The molecule has 0 aliphatic carbocycles. The molecule has 3 nitrogen and oxygen atoms in total. The molecule has 0 saturated carbocycles. The van der Waals surface area contributed by atoms with E-state index in [2.05, 4.69) is 4.98 Å². The summed E-state index contributed by atoms with van der Waals surface area (Å²) >= 11 is 1.58. The van der Waals surface area contributed by atoms with E-state index in [1.807, 2.05) is 12.1 Å². The molecule has 102 valence electrons. The molecule has 1 heterocycles. The van der Waals surface area contributed by atoms with Crippen LogP contribution < -0.4 is 0 Å². The van der Waals surface area contributed by atoms with Gasteiger partial charge in [0, 0.05) is 29.1 Å². The molecule has 0 bridgehead atoms. The van der Waals surface area contributed by atoms with Gasteiger partial charge in [0.15, 0.2) is 0 Å². The van der Waals surface area contributed by atoms with E-state index in [-0.39, 0.29) is 5.82 Å². The Labute approximate surface area is 120 Å². The summed E-state index contributed by atoms with van der Waals surface area (Å²) in [4.78, 5) is 15.5. The molecule has 0 radical (unpaired) electrons. The molecule has 0 aliphatic heterocycles. The Hall–Kier alpha value is -2.14. The highest BCUT2D eigenvalue weighted by Gasteiger charge is 2.03. The van der Waals surface area contributed by atoms with E-state index >= 15 is 0 Å². The third-order valence-electron chi connectivity index (χ3n) is 2.56. The van der Waals surface area contributed by atoms with Gasteiger partial charge in [-0.05, 0) is 41.5 Å². The van der Waals surface area contributed by atoms with Gasteiger partial charge in [0.05, 0.1) is 0 Å². The minimum absolute atomic E-state index is 0.382. The number of carboxylic acid groups (broad SMARTS) is 1. The van der Waals surface area contributed by atoms with Crippen molar-refractivity contribution in [3.05, 3.63) is 65.7 Å². The van der Waals surface area contributed by atoms with Gasteiger partial charge in [-0.2, -0.15) is 0 Å². The van der Waals surface area contributed by atoms with Crippen LogP contribution >= 0.6 is 11.8 Å². The number of thioether (sulfide) groups is 1. The average Bonchev–Trinajstić information content (AvgIpc) is 2.45. The van der Waals surface area contributed by atoms with E-state index in [0.29, 0.717) is 11.3 Å². The van der Waals surface area contributed by atoms with Gasteiger partial charge in [-0.1, -0.05) is 6.07 Å². The number of aromatic nitrogens is 1. The van der Waals surface area contributed by atoms with Crippen molar-refractivity contribution in [2.75, 3.05) is 0 Å². The molecule has 0 fully saturated rings. The molecule has 2 rings (SSSR count). The fraction of sp³-hybridized carbons (Fsp3) is 0.0667. The summed E-state index contributed by atoms with van der Waals surface area (Å²) in [7, 11) is 0. The zero-order valence-electron chi connectivity index (χ0n) is 10.5. The van der Waals surface area contributed by atoms with Crippen LogP contribution in [0.1, 0.15) is 11.1 Å². The van der Waals surface area contributed by atoms with Gasteiger partial charge in [0.25, 0.3) is 0 Å². The number of rotatable bonds is 5. The van der Waals surface area contributed by atoms with E-state index in [1.165, 1.54) is 18.2 Å². The molecule has 0 unspecified atom stereocenters. The molecular weight excluding hydrogens is 277 g/mol. The minimum atomic E-state index is -1.05. The molecular formula is C15H12FNO2S. The first-order valence-corrected chi connectivity index (χ1v) is 6.86. The number of benzene rings is 1. The third-order valence-corrected chi connectivity index (χ3v) is 3.62. The van der Waals surface area contributed by atoms with E-state index in [9.17, 15) is 9.18 Å². The highest BCUT2D eigenvalue weighted by Crippen LogP contribution is 2.25. The van der Waals surface area contributed by atoms with Crippen LogP contribution in [0.25, 0.3) is 6.08 Å². The molecule has 5 heteroatoms. The Morgan fingerprint density at radius 1 is 1.30 bits per heavy atom.